The average Bonchev–Trinajstić information content (AvgIpc) is 2.38. The summed E-state index contributed by atoms with van der Waals surface area (Å²) in [5, 5.41) is 21.1. The third-order valence-corrected chi connectivity index (χ3v) is 3.45. The molecule has 3 N–H and O–H groups in total. The summed E-state index contributed by atoms with van der Waals surface area (Å²) in [7, 11) is 0. The first-order valence-electron chi connectivity index (χ1n) is 5.88. The highest BCUT2D eigenvalue weighted by Gasteiger charge is 2.04. The number of benzene rings is 1. The van der Waals surface area contributed by atoms with Crippen LogP contribution in [0.2, 0.25) is 0 Å². The highest BCUT2D eigenvalue weighted by Crippen LogP contribution is 2.14. The molecule has 17 heavy (non-hydrogen) atoms. The van der Waals surface area contributed by atoms with Crippen LogP contribution in [0.3, 0.4) is 0 Å². The van der Waals surface area contributed by atoms with Gasteiger partial charge in [0.15, 0.2) is 0 Å². The molecule has 0 aliphatic rings. The van der Waals surface area contributed by atoms with Crippen molar-refractivity contribution in [1.29, 1.82) is 0 Å². The maximum Gasteiger partial charge on any atom is 0.0585 e. The van der Waals surface area contributed by atoms with E-state index >= 15 is 0 Å². The van der Waals surface area contributed by atoms with Crippen molar-refractivity contribution in [2.24, 2.45) is 0 Å². The van der Waals surface area contributed by atoms with Crippen LogP contribution in [0.5, 0.6) is 0 Å². The van der Waals surface area contributed by atoms with Crippen LogP contribution in [-0.2, 0) is 6.42 Å². The average molecular weight is 255 g/mol. The molecule has 0 radical (unpaired) electrons. The molecule has 0 aliphatic carbocycles. The summed E-state index contributed by atoms with van der Waals surface area (Å²) in [5.41, 5.74) is 1.29. The first kappa shape index (κ1) is 14.5. The fraction of sp³-hybridized carbons (Fsp3) is 0.538. The summed E-state index contributed by atoms with van der Waals surface area (Å²) >= 11 is 1.74. The van der Waals surface area contributed by atoms with Gasteiger partial charge in [-0.3, -0.25) is 0 Å². The molecule has 1 atom stereocenters. The second-order valence-electron chi connectivity index (χ2n) is 3.94. The van der Waals surface area contributed by atoms with Gasteiger partial charge in [0, 0.05) is 17.5 Å². The predicted molar refractivity (Wildman–Crippen MR) is 72.5 cm³/mol. The number of aliphatic hydroxyl groups is 2. The van der Waals surface area contributed by atoms with E-state index in [0.717, 1.165) is 13.0 Å². The van der Waals surface area contributed by atoms with E-state index < -0.39 is 0 Å². The standard InChI is InChI=1S/C13H21NO2S/c1-17-13-4-2-11(3-5-13)6-8-14-12(10-16)7-9-15/h2-5,12,14-16H,6-10H2,1H3. The number of hydrogen-bond acceptors (Lipinski definition) is 4. The molecule has 0 bridgehead atoms. The van der Waals surface area contributed by atoms with Crippen molar-refractivity contribution in [2.45, 2.75) is 23.8 Å². The SMILES string of the molecule is CSc1ccc(CCNC(CO)CCO)cc1. The van der Waals surface area contributed by atoms with Crippen molar-refractivity contribution in [3.63, 3.8) is 0 Å². The van der Waals surface area contributed by atoms with E-state index in [0.29, 0.717) is 6.42 Å². The molecule has 1 aromatic rings. The summed E-state index contributed by atoms with van der Waals surface area (Å²) in [6.07, 6.45) is 3.61. The Kier molecular flexibility index (Phi) is 7.28. The lowest BCUT2D eigenvalue weighted by atomic mass is 10.1. The molecular weight excluding hydrogens is 234 g/mol. The summed E-state index contributed by atoms with van der Waals surface area (Å²) in [6, 6.07) is 8.51. The van der Waals surface area contributed by atoms with E-state index in [1.807, 2.05) is 0 Å². The minimum atomic E-state index is 0.00507. The molecule has 0 heterocycles. The molecule has 1 rings (SSSR count). The van der Waals surface area contributed by atoms with Gasteiger partial charge in [-0.15, -0.1) is 11.8 Å². The van der Waals surface area contributed by atoms with Gasteiger partial charge in [-0.05, 0) is 43.3 Å². The van der Waals surface area contributed by atoms with E-state index in [1.165, 1.54) is 10.5 Å². The van der Waals surface area contributed by atoms with Gasteiger partial charge >= 0.3 is 0 Å². The van der Waals surface area contributed by atoms with Gasteiger partial charge in [0.2, 0.25) is 0 Å². The molecule has 0 spiro atoms. The Hall–Kier alpha value is -0.550. The van der Waals surface area contributed by atoms with Crippen LogP contribution in [0, 0.1) is 0 Å². The smallest absolute Gasteiger partial charge is 0.0585 e. The maximum atomic E-state index is 9.05. The molecule has 0 saturated carbocycles. The Morgan fingerprint density at radius 2 is 1.94 bits per heavy atom. The largest absolute Gasteiger partial charge is 0.396 e. The molecule has 3 nitrogen and oxygen atoms in total. The highest BCUT2D eigenvalue weighted by molar-refractivity contribution is 7.98. The van der Waals surface area contributed by atoms with Crippen molar-refractivity contribution in [3.8, 4) is 0 Å². The van der Waals surface area contributed by atoms with Crippen LogP contribution in [0.1, 0.15) is 12.0 Å². The second-order valence-corrected chi connectivity index (χ2v) is 4.82. The lowest BCUT2D eigenvalue weighted by Gasteiger charge is -2.14. The lowest BCUT2D eigenvalue weighted by molar-refractivity contribution is 0.201. The molecule has 0 amide bonds. The fourth-order valence-electron chi connectivity index (χ4n) is 1.63. The third kappa shape index (κ3) is 5.55. The number of aliphatic hydroxyl groups excluding tert-OH is 2. The Bertz CT molecular complexity index is 303. The van der Waals surface area contributed by atoms with E-state index in [1.54, 1.807) is 11.8 Å². The van der Waals surface area contributed by atoms with Crippen LogP contribution >= 0.6 is 11.8 Å². The quantitative estimate of drug-likeness (QED) is 0.613. The van der Waals surface area contributed by atoms with Crippen molar-refractivity contribution < 1.29 is 10.2 Å². The minimum absolute atomic E-state index is 0.00507. The molecule has 1 unspecified atom stereocenters. The van der Waals surface area contributed by atoms with Gasteiger partial charge < -0.3 is 15.5 Å². The van der Waals surface area contributed by atoms with Crippen LogP contribution in [0.15, 0.2) is 29.2 Å². The van der Waals surface area contributed by atoms with E-state index in [4.69, 9.17) is 10.2 Å². The third-order valence-electron chi connectivity index (χ3n) is 2.70. The zero-order valence-electron chi connectivity index (χ0n) is 10.2. The van der Waals surface area contributed by atoms with Gasteiger partial charge in [0.25, 0.3) is 0 Å². The summed E-state index contributed by atoms with van der Waals surface area (Å²) < 4.78 is 0. The summed E-state index contributed by atoms with van der Waals surface area (Å²) in [6.45, 7) is 1.01. The Morgan fingerprint density at radius 1 is 1.24 bits per heavy atom. The van der Waals surface area contributed by atoms with Crippen molar-refractivity contribution in [1.82, 2.24) is 5.32 Å². The normalized spacial score (nSPS) is 12.6. The van der Waals surface area contributed by atoms with E-state index in [-0.39, 0.29) is 19.3 Å². The topological polar surface area (TPSA) is 52.5 Å². The number of thioether (sulfide) groups is 1. The molecule has 0 fully saturated rings. The highest BCUT2D eigenvalue weighted by atomic mass is 32.2. The first-order valence-corrected chi connectivity index (χ1v) is 7.10. The zero-order chi connectivity index (χ0) is 12.5. The Labute approximate surface area is 107 Å². The molecule has 1 aromatic carbocycles. The molecule has 0 saturated heterocycles. The van der Waals surface area contributed by atoms with Gasteiger partial charge in [-0.1, -0.05) is 12.1 Å². The molecule has 0 aliphatic heterocycles. The van der Waals surface area contributed by atoms with Crippen LogP contribution in [0.4, 0.5) is 0 Å². The number of nitrogens with one attached hydrogen (secondary N) is 1. The molecule has 96 valence electrons. The zero-order valence-corrected chi connectivity index (χ0v) is 11.0. The second kappa shape index (κ2) is 8.53. The van der Waals surface area contributed by atoms with Crippen molar-refractivity contribution in [3.05, 3.63) is 29.8 Å². The lowest BCUT2D eigenvalue weighted by Crippen LogP contribution is -2.34. The fourth-order valence-corrected chi connectivity index (χ4v) is 2.03. The van der Waals surface area contributed by atoms with E-state index in [2.05, 4.69) is 35.8 Å². The number of rotatable bonds is 8. The van der Waals surface area contributed by atoms with Crippen LogP contribution < -0.4 is 5.32 Å². The monoisotopic (exact) mass is 255 g/mol. The van der Waals surface area contributed by atoms with Crippen molar-refractivity contribution >= 4 is 11.8 Å². The van der Waals surface area contributed by atoms with Crippen LogP contribution in [-0.4, -0.2) is 42.3 Å². The number of hydrogen-bond donors (Lipinski definition) is 3. The summed E-state index contributed by atoms with van der Waals surface area (Å²) in [5.74, 6) is 0. The maximum absolute atomic E-state index is 9.05. The first-order chi connectivity index (χ1) is 8.30. The predicted octanol–water partition coefficient (Wildman–Crippen LogP) is 1.28. The Morgan fingerprint density at radius 3 is 2.47 bits per heavy atom. The van der Waals surface area contributed by atoms with Gasteiger partial charge in [0.05, 0.1) is 6.61 Å². The summed E-state index contributed by atoms with van der Waals surface area (Å²) in [4.78, 5) is 1.27. The van der Waals surface area contributed by atoms with Gasteiger partial charge in [-0.2, -0.15) is 0 Å². The van der Waals surface area contributed by atoms with Crippen LogP contribution in [0.25, 0.3) is 0 Å². The molecule has 4 heteroatoms. The Balaban J connectivity index is 2.29. The van der Waals surface area contributed by atoms with Crippen molar-refractivity contribution in [2.75, 3.05) is 26.0 Å². The molecule has 0 aromatic heterocycles. The minimum Gasteiger partial charge on any atom is -0.396 e. The van der Waals surface area contributed by atoms with E-state index in [9.17, 15) is 0 Å². The van der Waals surface area contributed by atoms with Gasteiger partial charge in [0.1, 0.15) is 0 Å². The molecular formula is C13H21NO2S. The van der Waals surface area contributed by atoms with Gasteiger partial charge in [-0.25, -0.2) is 0 Å².